The highest BCUT2D eigenvalue weighted by molar-refractivity contribution is 5.73. The molecule has 4 saturated carbocycles. The zero-order valence-corrected chi connectivity index (χ0v) is 21.2. The second-order valence-electron chi connectivity index (χ2n) is 12.4. The molecule has 11 atom stereocenters. The summed E-state index contributed by atoms with van der Waals surface area (Å²) >= 11 is 0. The van der Waals surface area contributed by atoms with E-state index in [1.54, 1.807) is 6.92 Å². The molecule has 3 unspecified atom stereocenters. The molecule has 6 nitrogen and oxygen atoms in total. The maximum absolute atomic E-state index is 11.7. The van der Waals surface area contributed by atoms with Gasteiger partial charge in [0.25, 0.3) is 0 Å². The topological polar surface area (TPSA) is 95.9 Å². The minimum atomic E-state index is -0.382. The molecule has 4 aliphatic carbocycles. The molecule has 0 aromatic rings. The van der Waals surface area contributed by atoms with Crippen LogP contribution in [0, 0.1) is 46.3 Å². The van der Waals surface area contributed by atoms with Gasteiger partial charge in [0.15, 0.2) is 0 Å². The Balaban J connectivity index is 1.54. The number of carbonyl (C=O) groups excluding carboxylic acids is 2. The van der Waals surface area contributed by atoms with Crippen molar-refractivity contribution in [2.75, 3.05) is 7.11 Å². The fourth-order valence-corrected chi connectivity index (χ4v) is 9.22. The number of ether oxygens (including phenoxy) is 1. The van der Waals surface area contributed by atoms with Crippen LogP contribution < -0.4 is 5.32 Å². The van der Waals surface area contributed by atoms with E-state index >= 15 is 0 Å². The van der Waals surface area contributed by atoms with Crippen LogP contribution in [0.1, 0.15) is 85.5 Å². The molecular formula is C27H45NO5. The average Bonchev–Trinajstić information content (AvgIpc) is 3.11. The van der Waals surface area contributed by atoms with Crippen LogP contribution in [-0.2, 0) is 14.3 Å². The van der Waals surface area contributed by atoms with E-state index in [0.717, 1.165) is 51.4 Å². The highest BCUT2D eigenvalue weighted by Crippen LogP contribution is 2.68. The molecule has 1 amide bonds. The minimum Gasteiger partial charge on any atom is -0.469 e. The number of hydrogen-bond acceptors (Lipinski definition) is 5. The van der Waals surface area contributed by atoms with Crippen molar-refractivity contribution in [1.82, 2.24) is 5.32 Å². The van der Waals surface area contributed by atoms with Crippen molar-refractivity contribution in [3.05, 3.63) is 0 Å². The lowest BCUT2D eigenvalue weighted by molar-refractivity contribution is -0.202. The van der Waals surface area contributed by atoms with Crippen LogP contribution in [0.3, 0.4) is 0 Å². The Morgan fingerprint density at radius 2 is 1.82 bits per heavy atom. The number of fused-ring (bicyclic) bond motifs is 5. The van der Waals surface area contributed by atoms with Gasteiger partial charge in [0.05, 0.1) is 19.3 Å². The Bertz CT molecular complexity index is 757. The Morgan fingerprint density at radius 3 is 2.48 bits per heavy atom. The van der Waals surface area contributed by atoms with E-state index in [1.165, 1.54) is 7.11 Å². The monoisotopic (exact) mass is 463 g/mol. The van der Waals surface area contributed by atoms with Gasteiger partial charge in [-0.25, -0.2) is 0 Å². The van der Waals surface area contributed by atoms with Gasteiger partial charge < -0.3 is 20.3 Å². The summed E-state index contributed by atoms with van der Waals surface area (Å²) in [5.41, 5.74) is -0.107. The van der Waals surface area contributed by atoms with E-state index in [2.05, 4.69) is 26.1 Å². The molecule has 0 saturated heterocycles. The Hall–Kier alpha value is -1.14. The molecule has 6 heteroatoms. The van der Waals surface area contributed by atoms with Gasteiger partial charge in [0.2, 0.25) is 5.91 Å². The Morgan fingerprint density at radius 1 is 1.09 bits per heavy atom. The summed E-state index contributed by atoms with van der Waals surface area (Å²) in [6.45, 7) is 8.46. The van der Waals surface area contributed by atoms with Crippen molar-refractivity contribution >= 4 is 11.9 Å². The van der Waals surface area contributed by atoms with Crippen LogP contribution in [0.2, 0.25) is 0 Å². The van der Waals surface area contributed by atoms with E-state index in [0.29, 0.717) is 36.0 Å². The van der Waals surface area contributed by atoms with Gasteiger partial charge in [-0.15, -0.1) is 0 Å². The van der Waals surface area contributed by atoms with Gasteiger partial charge >= 0.3 is 5.97 Å². The standard InChI is InChI=1S/C27H45NO5/c1-15(6-9-24(32)33-5)19-7-8-20-25-21(14-23(31)27(19,20)4)26(3)11-10-18(28-16(2)29)12-17(26)13-22(25)30/h15,17-23,25,30-31H,6-14H2,1-5H3,(H,28,29)/t15-,17+,18+,19-,20?,21?,22-,23+,25?,26+,27-/m1/s1. The van der Waals surface area contributed by atoms with Crippen LogP contribution in [0.15, 0.2) is 0 Å². The SMILES string of the molecule is COC(=O)CC[C@@H](C)[C@H]1CCC2C3C(C[C@H](O)[C@@]21C)[C@@]1(C)CC[C@H](NC(C)=O)C[C@H]1C[C@H]3O. The van der Waals surface area contributed by atoms with E-state index in [4.69, 9.17) is 4.74 Å². The molecule has 33 heavy (non-hydrogen) atoms. The van der Waals surface area contributed by atoms with Gasteiger partial charge in [0, 0.05) is 19.4 Å². The molecular weight excluding hydrogens is 418 g/mol. The predicted octanol–water partition coefficient (Wildman–Crippen LogP) is 3.68. The molecule has 0 spiro atoms. The summed E-state index contributed by atoms with van der Waals surface area (Å²) in [6.07, 6.45) is 7.12. The number of esters is 1. The molecule has 0 aromatic heterocycles. The van der Waals surface area contributed by atoms with Crippen LogP contribution in [0.25, 0.3) is 0 Å². The summed E-state index contributed by atoms with van der Waals surface area (Å²) in [7, 11) is 1.44. The quantitative estimate of drug-likeness (QED) is 0.541. The lowest BCUT2D eigenvalue weighted by Gasteiger charge is -2.63. The third-order valence-electron chi connectivity index (χ3n) is 11.0. The second kappa shape index (κ2) is 9.14. The van der Waals surface area contributed by atoms with E-state index in [9.17, 15) is 19.8 Å². The molecule has 0 bridgehead atoms. The van der Waals surface area contributed by atoms with Crippen molar-refractivity contribution in [1.29, 1.82) is 0 Å². The van der Waals surface area contributed by atoms with Crippen LogP contribution >= 0.6 is 0 Å². The molecule has 0 heterocycles. The number of aliphatic hydroxyl groups excluding tert-OH is 2. The molecule has 0 aromatic carbocycles. The highest BCUT2D eigenvalue weighted by Gasteiger charge is 2.65. The second-order valence-corrected chi connectivity index (χ2v) is 12.4. The number of aliphatic hydroxyl groups is 2. The molecule has 0 aliphatic heterocycles. The summed E-state index contributed by atoms with van der Waals surface area (Å²) in [5, 5.41) is 26.2. The van der Waals surface area contributed by atoms with Crippen molar-refractivity contribution in [3.8, 4) is 0 Å². The summed E-state index contributed by atoms with van der Waals surface area (Å²) in [6, 6.07) is 0.203. The van der Waals surface area contributed by atoms with Crippen LogP contribution in [-0.4, -0.2) is 47.4 Å². The third-order valence-corrected chi connectivity index (χ3v) is 11.0. The highest BCUT2D eigenvalue weighted by atomic mass is 16.5. The first-order valence-electron chi connectivity index (χ1n) is 13.2. The maximum atomic E-state index is 11.7. The normalized spacial score (nSPS) is 47.6. The first kappa shape index (κ1) is 25.0. The van der Waals surface area contributed by atoms with Crippen molar-refractivity contribution in [2.24, 2.45) is 46.3 Å². The predicted molar refractivity (Wildman–Crippen MR) is 126 cm³/mol. The van der Waals surface area contributed by atoms with Gasteiger partial charge in [0.1, 0.15) is 0 Å². The number of methoxy groups -OCH3 is 1. The van der Waals surface area contributed by atoms with E-state index < -0.39 is 0 Å². The average molecular weight is 464 g/mol. The number of carbonyl (C=O) groups is 2. The summed E-state index contributed by atoms with van der Waals surface area (Å²) < 4.78 is 4.85. The fourth-order valence-electron chi connectivity index (χ4n) is 9.22. The minimum absolute atomic E-state index is 0.0278. The van der Waals surface area contributed by atoms with Crippen LogP contribution in [0.4, 0.5) is 0 Å². The first-order valence-corrected chi connectivity index (χ1v) is 13.2. The number of amides is 1. The third kappa shape index (κ3) is 4.13. The molecule has 0 radical (unpaired) electrons. The number of hydrogen-bond donors (Lipinski definition) is 3. The molecule has 4 fully saturated rings. The van der Waals surface area contributed by atoms with Crippen molar-refractivity contribution in [3.63, 3.8) is 0 Å². The summed E-state index contributed by atoms with van der Waals surface area (Å²) in [4.78, 5) is 23.3. The fraction of sp³-hybridized carbons (Fsp3) is 0.926. The molecule has 3 N–H and O–H groups in total. The maximum Gasteiger partial charge on any atom is 0.305 e. The van der Waals surface area contributed by atoms with Crippen LogP contribution in [0.5, 0.6) is 0 Å². The van der Waals surface area contributed by atoms with Crippen molar-refractivity contribution in [2.45, 2.75) is 104 Å². The lowest BCUT2D eigenvalue weighted by Crippen LogP contribution is -2.63. The Kier molecular flexibility index (Phi) is 6.92. The summed E-state index contributed by atoms with van der Waals surface area (Å²) in [5.74, 6) is 1.81. The zero-order chi connectivity index (χ0) is 24.1. The molecule has 188 valence electrons. The largest absolute Gasteiger partial charge is 0.469 e. The van der Waals surface area contributed by atoms with Gasteiger partial charge in [-0.1, -0.05) is 20.8 Å². The molecule has 4 rings (SSSR count). The van der Waals surface area contributed by atoms with E-state index in [1.807, 2.05) is 0 Å². The number of rotatable bonds is 5. The first-order chi connectivity index (χ1) is 15.5. The van der Waals surface area contributed by atoms with E-state index in [-0.39, 0.29) is 46.9 Å². The molecule has 4 aliphatic rings. The lowest BCUT2D eigenvalue weighted by atomic mass is 9.43. The smallest absolute Gasteiger partial charge is 0.305 e. The zero-order valence-electron chi connectivity index (χ0n) is 21.2. The van der Waals surface area contributed by atoms with Gasteiger partial charge in [-0.05, 0) is 97.7 Å². The van der Waals surface area contributed by atoms with Gasteiger partial charge in [-0.2, -0.15) is 0 Å². The number of nitrogens with one attached hydrogen (secondary N) is 1. The Labute approximate surface area is 199 Å². The van der Waals surface area contributed by atoms with Crippen molar-refractivity contribution < 1.29 is 24.5 Å². The van der Waals surface area contributed by atoms with Gasteiger partial charge in [-0.3, -0.25) is 9.59 Å².